The summed E-state index contributed by atoms with van der Waals surface area (Å²) in [5, 5.41) is 10.00. The lowest BCUT2D eigenvalue weighted by Gasteiger charge is -2.47. The van der Waals surface area contributed by atoms with Gasteiger partial charge in [-0.2, -0.15) is 0 Å². The van der Waals surface area contributed by atoms with E-state index in [2.05, 4.69) is 0 Å². The van der Waals surface area contributed by atoms with Gasteiger partial charge in [-0.15, -0.1) is 0 Å². The number of Topliss-reactive ketones (excluding diaryl/α,β-unsaturated/α-hetero) is 1. The number of amides is 1. The molecule has 1 aromatic carbocycles. The van der Waals surface area contributed by atoms with Crippen molar-refractivity contribution in [2.24, 2.45) is 29.6 Å². The van der Waals surface area contributed by atoms with Gasteiger partial charge >= 0.3 is 24.0 Å². The van der Waals surface area contributed by atoms with Crippen LogP contribution in [-0.4, -0.2) is 120 Å². The number of ketones is 1. The minimum absolute atomic E-state index is 0.0232. The molecule has 14 heteroatoms. The molecule has 3 fully saturated rings. The molecule has 3 saturated heterocycles. The molecular formula is C41H62N2O12. The van der Waals surface area contributed by atoms with Gasteiger partial charge in [0, 0.05) is 49.9 Å². The van der Waals surface area contributed by atoms with Gasteiger partial charge in [-0.25, -0.2) is 9.59 Å². The summed E-state index contributed by atoms with van der Waals surface area (Å²) >= 11 is 0. The van der Waals surface area contributed by atoms with Crippen molar-refractivity contribution < 1.29 is 57.5 Å². The third-order valence-electron chi connectivity index (χ3n) is 12.3. The van der Waals surface area contributed by atoms with Crippen molar-refractivity contribution in [1.29, 1.82) is 0 Å². The van der Waals surface area contributed by atoms with E-state index in [4.69, 9.17) is 28.4 Å². The number of methoxy groups -OCH3 is 1. The third kappa shape index (κ3) is 9.69. The lowest BCUT2D eigenvalue weighted by molar-refractivity contribution is -0.282. The zero-order valence-corrected chi connectivity index (χ0v) is 34.3. The minimum atomic E-state index is -1.32. The molecule has 3 aliphatic heterocycles. The van der Waals surface area contributed by atoms with Gasteiger partial charge in [0.2, 0.25) is 0 Å². The average molecular weight is 775 g/mol. The van der Waals surface area contributed by atoms with Gasteiger partial charge in [-0.1, -0.05) is 58.0 Å². The Morgan fingerprint density at radius 1 is 1.04 bits per heavy atom. The van der Waals surface area contributed by atoms with Gasteiger partial charge in [-0.05, 0) is 66.1 Å². The SMILES string of the molecule is CC[C@H]1OC(=O)C(C)C(=O)[C@H](C)[C@@H](OC2OC(C(=O)O)CC(N(C)C)C2C)[C@](C)(OC)C[C@@H](C)CN(C(=O)OCc2ccccc2)[C@H](C)[C@H]2CC(=O)O[C@@]21C. The number of nitrogens with zero attached hydrogens (tertiary/aromatic N) is 2. The number of aliphatic carboxylic acids is 1. The number of esters is 2. The smallest absolute Gasteiger partial charge is 0.410 e. The molecule has 5 unspecified atom stereocenters. The lowest BCUT2D eigenvalue weighted by atomic mass is 9.77. The zero-order chi connectivity index (χ0) is 41.0. The number of ether oxygens (including phenoxy) is 6. The molecule has 3 aliphatic rings. The van der Waals surface area contributed by atoms with Crippen molar-refractivity contribution in [3.63, 3.8) is 0 Å². The highest BCUT2D eigenvalue weighted by Crippen LogP contribution is 2.44. The summed E-state index contributed by atoms with van der Waals surface area (Å²) in [6.07, 6.45) is -4.01. The van der Waals surface area contributed by atoms with E-state index in [9.17, 15) is 29.1 Å². The first-order chi connectivity index (χ1) is 25.8. The first-order valence-corrected chi connectivity index (χ1v) is 19.5. The molecule has 4 rings (SSSR count). The molecule has 0 saturated carbocycles. The van der Waals surface area contributed by atoms with Crippen molar-refractivity contribution in [2.75, 3.05) is 27.7 Å². The summed E-state index contributed by atoms with van der Waals surface area (Å²) in [7, 11) is 5.24. The number of hydrogen-bond donors (Lipinski definition) is 1. The number of carboxylic acids is 1. The molecular weight excluding hydrogens is 712 g/mol. The van der Waals surface area contributed by atoms with Crippen molar-refractivity contribution in [2.45, 2.75) is 136 Å². The molecule has 0 radical (unpaired) electrons. The summed E-state index contributed by atoms with van der Waals surface area (Å²) < 4.78 is 37.0. The van der Waals surface area contributed by atoms with Gasteiger partial charge in [0.15, 0.2) is 23.8 Å². The van der Waals surface area contributed by atoms with Crippen LogP contribution < -0.4 is 0 Å². The Kier molecular flexibility index (Phi) is 14.5. The Balaban J connectivity index is 1.80. The molecule has 13 atom stereocenters. The van der Waals surface area contributed by atoms with E-state index >= 15 is 0 Å². The molecule has 1 aromatic rings. The summed E-state index contributed by atoms with van der Waals surface area (Å²) in [5.41, 5.74) is -1.74. The molecule has 308 valence electrons. The minimum Gasteiger partial charge on any atom is -0.479 e. The number of rotatable bonds is 8. The van der Waals surface area contributed by atoms with Crippen LogP contribution in [0, 0.1) is 29.6 Å². The van der Waals surface area contributed by atoms with E-state index in [-0.39, 0.29) is 56.7 Å². The van der Waals surface area contributed by atoms with Crippen molar-refractivity contribution >= 4 is 29.8 Å². The second-order valence-corrected chi connectivity index (χ2v) is 16.5. The van der Waals surface area contributed by atoms with Crippen LogP contribution in [0.25, 0.3) is 0 Å². The Morgan fingerprint density at radius 3 is 2.27 bits per heavy atom. The third-order valence-corrected chi connectivity index (χ3v) is 12.3. The number of benzene rings is 1. The summed E-state index contributed by atoms with van der Waals surface area (Å²) in [5.74, 6) is -6.29. The van der Waals surface area contributed by atoms with Crippen LogP contribution in [0.15, 0.2) is 30.3 Å². The fraction of sp³-hybridized carbons (Fsp3) is 0.732. The van der Waals surface area contributed by atoms with E-state index in [1.807, 2.05) is 70.1 Å². The number of carboxylic acid groups (broad SMARTS) is 1. The molecule has 1 amide bonds. The summed E-state index contributed by atoms with van der Waals surface area (Å²) in [4.78, 5) is 71.2. The Bertz CT molecular complexity index is 1520. The fourth-order valence-electron chi connectivity index (χ4n) is 8.93. The first kappa shape index (κ1) is 44.1. The van der Waals surface area contributed by atoms with Crippen molar-refractivity contribution in [3.05, 3.63) is 35.9 Å². The molecule has 14 nitrogen and oxygen atoms in total. The molecule has 0 aromatic heterocycles. The highest BCUT2D eigenvalue weighted by molar-refractivity contribution is 6.00. The van der Waals surface area contributed by atoms with E-state index in [0.29, 0.717) is 0 Å². The maximum absolute atomic E-state index is 14.4. The quantitative estimate of drug-likeness (QED) is 0.211. The summed E-state index contributed by atoms with van der Waals surface area (Å²) in [6, 6.07) is 8.47. The molecule has 1 N–H and O–H groups in total. The van der Waals surface area contributed by atoms with Crippen LogP contribution in [0.2, 0.25) is 0 Å². The maximum Gasteiger partial charge on any atom is 0.410 e. The number of hydrogen-bond acceptors (Lipinski definition) is 12. The number of cyclic esters (lactones) is 1. The molecule has 55 heavy (non-hydrogen) atoms. The van der Waals surface area contributed by atoms with E-state index in [1.54, 1.807) is 32.6 Å². The van der Waals surface area contributed by atoms with Crippen molar-refractivity contribution in [1.82, 2.24) is 9.80 Å². The summed E-state index contributed by atoms with van der Waals surface area (Å²) in [6.45, 7) is 14.3. The van der Waals surface area contributed by atoms with E-state index < -0.39 is 89.4 Å². The van der Waals surface area contributed by atoms with Gasteiger partial charge in [0.05, 0.1) is 18.1 Å². The van der Waals surface area contributed by atoms with Crippen LogP contribution in [0.5, 0.6) is 0 Å². The molecule has 0 spiro atoms. The second-order valence-electron chi connectivity index (χ2n) is 16.5. The predicted octanol–water partition coefficient (Wildman–Crippen LogP) is 5.09. The molecule has 0 bridgehead atoms. The predicted molar refractivity (Wildman–Crippen MR) is 201 cm³/mol. The monoisotopic (exact) mass is 774 g/mol. The standard InChI is InChI=1S/C41H62N2O12/c1-12-32-41(8)29(18-33(44)55-41)27(6)43(39(49)51-22-28-16-14-13-15-17-28)21-23(2)20-40(7,50-11)35(25(4)34(45)26(5)37(48)53-32)54-38-24(3)30(42(9)10)19-31(52-38)36(46)47/h13-17,23-27,29-32,35,38H,12,18-22H2,1-11H3,(H,46,47)/t23-,24?,25+,26?,27-,29-,30?,31?,32-,35-,38?,40-,41+/m1/s1. The van der Waals surface area contributed by atoms with Crippen LogP contribution in [-0.2, 0) is 54.2 Å². The Morgan fingerprint density at radius 2 is 1.69 bits per heavy atom. The van der Waals surface area contributed by atoms with Gasteiger partial charge < -0.3 is 43.3 Å². The number of carbonyl (C=O) groups excluding carboxylic acids is 4. The Labute approximate surface area is 325 Å². The van der Waals surface area contributed by atoms with Crippen LogP contribution in [0.1, 0.15) is 86.6 Å². The second kappa shape index (κ2) is 18.1. The highest BCUT2D eigenvalue weighted by atomic mass is 16.7. The zero-order valence-electron chi connectivity index (χ0n) is 34.3. The van der Waals surface area contributed by atoms with E-state index in [0.717, 1.165) is 5.56 Å². The topological polar surface area (TPSA) is 167 Å². The Hall–Kier alpha value is -3.59. The number of fused-ring (bicyclic) bond motifs is 1. The largest absolute Gasteiger partial charge is 0.479 e. The first-order valence-electron chi connectivity index (χ1n) is 19.5. The van der Waals surface area contributed by atoms with Crippen molar-refractivity contribution in [3.8, 4) is 0 Å². The van der Waals surface area contributed by atoms with Crippen LogP contribution >= 0.6 is 0 Å². The van der Waals surface area contributed by atoms with Gasteiger partial charge in [-0.3, -0.25) is 14.4 Å². The molecule has 0 aliphatic carbocycles. The number of carbonyl (C=O) groups is 5. The van der Waals surface area contributed by atoms with E-state index in [1.165, 1.54) is 14.0 Å². The fourth-order valence-corrected chi connectivity index (χ4v) is 8.93. The lowest BCUT2D eigenvalue weighted by Crippen LogP contribution is -2.58. The highest BCUT2D eigenvalue weighted by Gasteiger charge is 2.57. The maximum atomic E-state index is 14.4. The van der Waals surface area contributed by atoms with Crippen LogP contribution in [0.3, 0.4) is 0 Å². The van der Waals surface area contributed by atoms with Gasteiger partial charge in [0.1, 0.15) is 18.6 Å². The average Bonchev–Trinajstić information content (AvgIpc) is 3.46. The molecule has 3 heterocycles. The van der Waals surface area contributed by atoms with Gasteiger partial charge in [0.25, 0.3) is 0 Å². The van der Waals surface area contributed by atoms with Crippen LogP contribution in [0.4, 0.5) is 4.79 Å². The normalized spacial score (nSPS) is 38.0.